The molecule has 0 unspecified atom stereocenters. The van der Waals surface area contributed by atoms with Crippen LogP contribution in [0.3, 0.4) is 0 Å². The Hall–Kier alpha value is -2.38. The van der Waals surface area contributed by atoms with Crippen molar-refractivity contribution in [3.8, 4) is 0 Å². The second kappa shape index (κ2) is 7.31. The number of carbonyl (C=O) groups is 1. The SMILES string of the molecule is CC(C)CC(=O)N1[C@@H]2C[C@@H]2C[C@H]1c1nc2c(ccc3cc(B4OC(C)(C)C(C)(C)O4)ccc32)[nH]1. The molecule has 0 radical (unpaired) electrons. The summed E-state index contributed by atoms with van der Waals surface area (Å²) in [6, 6.07) is 11.0. The minimum atomic E-state index is -0.384. The molecule has 1 amide bonds. The van der Waals surface area contributed by atoms with Crippen LogP contribution in [0.15, 0.2) is 30.3 Å². The first kappa shape index (κ1) is 22.1. The number of imidazole rings is 1. The highest BCUT2D eigenvalue weighted by Crippen LogP contribution is 2.53. The molecular formula is C27H34BN3O3. The van der Waals surface area contributed by atoms with E-state index in [1.54, 1.807) is 0 Å². The van der Waals surface area contributed by atoms with Gasteiger partial charge in [-0.05, 0) is 69.3 Å². The lowest BCUT2D eigenvalue weighted by Gasteiger charge is -2.32. The number of H-pyrrole nitrogens is 1. The lowest BCUT2D eigenvalue weighted by atomic mass is 9.78. The number of benzene rings is 2. The molecule has 3 fully saturated rings. The standard InChI is InChI=1S/C27H34BN3O3/c1-15(2)11-23(32)31-21-13-17(21)14-22(31)25-29-20-10-7-16-12-18(8-9-19(16)24(20)30-25)28-33-26(3,4)27(5,6)34-28/h7-10,12,15,17,21-22H,11,13-14H2,1-6H3,(H,29,30)/t17-,21-,22+/m1/s1. The van der Waals surface area contributed by atoms with Gasteiger partial charge < -0.3 is 19.2 Å². The Morgan fingerprint density at radius 3 is 2.59 bits per heavy atom. The maximum absolute atomic E-state index is 13.0. The van der Waals surface area contributed by atoms with E-state index in [9.17, 15) is 4.79 Å². The van der Waals surface area contributed by atoms with Gasteiger partial charge in [-0.3, -0.25) is 4.79 Å². The van der Waals surface area contributed by atoms with Gasteiger partial charge in [0.2, 0.25) is 5.91 Å². The highest BCUT2D eigenvalue weighted by molar-refractivity contribution is 6.62. The zero-order valence-corrected chi connectivity index (χ0v) is 21.0. The molecule has 3 atom stereocenters. The third kappa shape index (κ3) is 3.39. The van der Waals surface area contributed by atoms with Crippen LogP contribution in [0.2, 0.25) is 0 Å². The number of amides is 1. The lowest BCUT2D eigenvalue weighted by molar-refractivity contribution is -0.134. The fourth-order valence-electron chi connectivity index (χ4n) is 5.64. The fourth-order valence-corrected chi connectivity index (χ4v) is 5.64. The van der Waals surface area contributed by atoms with E-state index in [-0.39, 0.29) is 30.3 Å². The van der Waals surface area contributed by atoms with Gasteiger partial charge in [-0.1, -0.05) is 38.1 Å². The van der Waals surface area contributed by atoms with Crippen LogP contribution in [0.4, 0.5) is 0 Å². The molecule has 3 heterocycles. The highest BCUT2D eigenvalue weighted by Gasteiger charge is 2.55. The molecule has 2 aliphatic heterocycles. The molecule has 0 spiro atoms. The first-order valence-corrected chi connectivity index (χ1v) is 12.6. The molecule has 3 aliphatic rings. The van der Waals surface area contributed by atoms with E-state index in [1.807, 2.05) is 0 Å². The second-order valence-electron chi connectivity index (χ2n) is 11.9. The maximum Gasteiger partial charge on any atom is 0.494 e. The molecular weight excluding hydrogens is 425 g/mol. The van der Waals surface area contributed by atoms with Crippen molar-refractivity contribution in [1.82, 2.24) is 14.9 Å². The van der Waals surface area contributed by atoms with Crippen LogP contribution in [0.1, 0.15) is 72.7 Å². The number of nitrogens with one attached hydrogen (secondary N) is 1. The molecule has 7 heteroatoms. The summed E-state index contributed by atoms with van der Waals surface area (Å²) in [5.41, 5.74) is 2.26. The molecule has 2 aromatic carbocycles. The van der Waals surface area contributed by atoms with E-state index in [2.05, 4.69) is 81.8 Å². The zero-order valence-electron chi connectivity index (χ0n) is 21.0. The summed E-state index contributed by atoms with van der Waals surface area (Å²) in [6.45, 7) is 12.5. The van der Waals surface area contributed by atoms with Crippen molar-refractivity contribution in [1.29, 1.82) is 0 Å². The van der Waals surface area contributed by atoms with Crippen LogP contribution in [0.25, 0.3) is 21.8 Å². The van der Waals surface area contributed by atoms with Crippen LogP contribution in [0.5, 0.6) is 0 Å². The summed E-state index contributed by atoms with van der Waals surface area (Å²) in [5, 5.41) is 2.21. The number of likely N-dealkylation sites (tertiary alicyclic amines) is 1. The van der Waals surface area contributed by atoms with E-state index in [0.717, 1.165) is 45.9 Å². The van der Waals surface area contributed by atoms with Crippen molar-refractivity contribution in [2.24, 2.45) is 11.8 Å². The van der Waals surface area contributed by atoms with Crippen molar-refractivity contribution in [3.05, 3.63) is 36.2 Å². The number of fused-ring (bicyclic) bond motifs is 4. The van der Waals surface area contributed by atoms with Gasteiger partial charge in [0.15, 0.2) is 0 Å². The molecule has 6 rings (SSSR count). The first-order valence-electron chi connectivity index (χ1n) is 12.6. The number of piperidine rings is 1. The molecule has 6 nitrogen and oxygen atoms in total. The van der Waals surface area contributed by atoms with Gasteiger partial charge in [-0.15, -0.1) is 0 Å². The Labute approximate surface area is 201 Å². The normalized spacial score (nSPS) is 27.2. The number of aromatic amines is 1. The van der Waals surface area contributed by atoms with Gasteiger partial charge >= 0.3 is 7.12 Å². The maximum atomic E-state index is 13.0. The summed E-state index contributed by atoms with van der Waals surface area (Å²) in [6.07, 6.45) is 2.76. The van der Waals surface area contributed by atoms with Gasteiger partial charge in [-0.25, -0.2) is 4.98 Å². The average Bonchev–Trinajstić information content (AvgIpc) is 3.12. The summed E-state index contributed by atoms with van der Waals surface area (Å²) in [4.78, 5) is 23.7. The number of rotatable bonds is 4. The van der Waals surface area contributed by atoms with E-state index < -0.39 is 0 Å². The highest BCUT2D eigenvalue weighted by atomic mass is 16.7. The largest absolute Gasteiger partial charge is 0.494 e. The number of hydrogen-bond donors (Lipinski definition) is 1. The lowest BCUT2D eigenvalue weighted by Crippen LogP contribution is -2.41. The van der Waals surface area contributed by atoms with Gasteiger partial charge in [0.1, 0.15) is 5.82 Å². The van der Waals surface area contributed by atoms with E-state index >= 15 is 0 Å². The van der Waals surface area contributed by atoms with Gasteiger partial charge in [0, 0.05) is 17.8 Å². The van der Waals surface area contributed by atoms with Crippen molar-refractivity contribution in [2.45, 2.75) is 84.1 Å². The quantitative estimate of drug-likeness (QED) is 0.574. The fraction of sp³-hybridized carbons (Fsp3) is 0.556. The van der Waals surface area contributed by atoms with Crippen LogP contribution in [-0.2, 0) is 14.1 Å². The average molecular weight is 459 g/mol. The minimum absolute atomic E-state index is 0.0569. The predicted molar refractivity (Wildman–Crippen MR) is 135 cm³/mol. The Morgan fingerprint density at radius 1 is 1.15 bits per heavy atom. The van der Waals surface area contributed by atoms with Crippen LogP contribution >= 0.6 is 0 Å². The van der Waals surface area contributed by atoms with Gasteiger partial charge in [0.25, 0.3) is 0 Å². The first-order chi connectivity index (χ1) is 16.0. The molecule has 1 aliphatic carbocycles. The van der Waals surface area contributed by atoms with E-state index in [4.69, 9.17) is 14.3 Å². The van der Waals surface area contributed by atoms with Crippen LogP contribution in [0, 0.1) is 11.8 Å². The molecule has 1 N–H and O–H groups in total. The van der Waals surface area contributed by atoms with Crippen molar-refractivity contribution in [2.75, 3.05) is 0 Å². The smallest absolute Gasteiger partial charge is 0.399 e. The van der Waals surface area contributed by atoms with Crippen LogP contribution in [-0.4, -0.2) is 45.1 Å². The molecule has 0 bridgehead atoms. The van der Waals surface area contributed by atoms with Gasteiger partial charge in [0.05, 0.1) is 28.3 Å². The summed E-state index contributed by atoms with van der Waals surface area (Å²) in [5.74, 6) is 2.18. The third-order valence-electron chi connectivity index (χ3n) is 8.33. The van der Waals surface area contributed by atoms with Crippen molar-refractivity contribution in [3.63, 3.8) is 0 Å². The molecule has 1 saturated carbocycles. The summed E-state index contributed by atoms with van der Waals surface area (Å²) >= 11 is 0. The van der Waals surface area contributed by atoms with Crippen molar-refractivity contribution < 1.29 is 14.1 Å². The topological polar surface area (TPSA) is 67.5 Å². The Balaban J connectivity index is 1.33. The number of carbonyl (C=O) groups excluding carboxylic acids is 1. The molecule has 34 heavy (non-hydrogen) atoms. The minimum Gasteiger partial charge on any atom is -0.399 e. The third-order valence-corrected chi connectivity index (χ3v) is 8.33. The monoisotopic (exact) mass is 459 g/mol. The predicted octanol–water partition coefficient (Wildman–Crippen LogP) is 4.72. The summed E-state index contributed by atoms with van der Waals surface area (Å²) < 4.78 is 12.5. The molecule has 1 aromatic heterocycles. The zero-order chi connectivity index (χ0) is 24.0. The summed E-state index contributed by atoms with van der Waals surface area (Å²) in [7, 11) is -0.384. The second-order valence-corrected chi connectivity index (χ2v) is 11.9. The Kier molecular flexibility index (Phi) is 4.76. The molecule has 2 saturated heterocycles. The number of nitrogens with zero attached hydrogens (tertiary/aromatic N) is 2. The Bertz CT molecular complexity index is 1280. The van der Waals surface area contributed by atoms with E-state index in [0.29, 0.717) is 24.3 Å². The van der Waals surface area contributed by atoms with E-state index in [1.165, 1.54) is 0 Å². The van der Waals surface area contributed by atoms with Crippen LogP contribution < -0.4 is 5.46 Å². The molecule has 3 aromatic rings. The van der Waals surface area contributed by atoms with Crippen molar-refractivity contribution >= 4 is 40.3 Å². The van der Waals surface area contributed by atoms with Gasteiger partial charge in [-0.2, -0.15) is 0 Å². The molecule has 178 valence electrons. The number of aromatic nitrogens is 2. The number of hydrogen-bond acceptors (Lipinski definition) is 4. The Morgan fingerprint density at radius 2 is 1.88 bits per heavy atom.